The summed E-state index contributed by atoms with van der Waals surface area (Å²) in [6.07, 6.45) is -0.389. The van der Waals surface area contributed by atoms with Gasteiger partial charge in [-0.05, 0) is 0 Å². The lowest BCUT2D eigenvalue weighted by Gasteiger charge is -2.37. The van der Waals surface area contributed by atoms with Crippen LogP contribution in [-0.4, -0.2) is 62.9 Å². The first kappa shape index (κ1) is 13.6. The zero-order valence-electron chi connectivity index (χ0n) is 9.97. The van der Waals surface area contributed by atoms with Crippen molar-refractivity contribution in [3.63, 3.8) is 0 Å². The molecule has 2 heterocycles. The van der Waals surface area contributed by atoms with Gasteiger partial charge in [-0.2, -0.15) is 5.26 Å². The molecule has 1 saturated heterocycles. The lowest BCUT2D eigenvalue weighted by atomic mass is 9.98. The largest absolute Gasteiger partial charge is 0.394 e. The number of aliphatic hydroxyl groups is 3. The van der Waals surface area contributed by atoms with E-state index in [4.69, 9.17) is 15.1 Å². The van der Waals surface area contributed by atoms with Crippen molar-refractivity contribution in [2.24, 2.45) is 0 Å². The molecule has 2 rings (SSSR count). The minimum atomic E-state index is -1.19. The van der Waals surface area contributed by atoms with Gasteiger partial charge in [0.15, 0.2) is 5.69 Å². The molecule has 0 spiro atoms. The van der Waals surface area contributed by atoms with Crippen LogP contribution in [-0.2, 0) is 4.74 Å². The number of nitrogens with one attached hydrogen (secondary N) is 1. The van der Waals surface area contributed by atoms with E-state index < -0.39 is 24.4 Å². The second-order valence-electron chi connectivity index (χ2n) is 4.19. The van der Waals surface area contributed by atoms with Crippen molar-refractivity contribution in [3.8, 4) is 6.07 Å². The fourth-order valence-electron chi connectivity index (χ4n) is 1.85. The summed E-state index contributed by atoms with van der Waals surface area (Å²) in [5.74, 6) is 0.307. The van der Waals surface area contributed by atoms with Crippen LogP contribution in [0.2, 0.25) is 0 Å². The Morgan fingerprint density at radius 3 is 2.89 bits per heavy atom. The Balaban J connectivity index is 2.05. The van der Waals surface area contributed by atoms with E-state index in [1.165, 1.54) is 12.4 Å². The molecule has 1 aromatic heterocycles. The number of nitriles is 1. The first-order valence-corrected chi connectivity index (χ1v) is 5.73. The minimum absolute atomic E-state index is 0.0991. The van der Waals surface area contributed by atoms with E-state index in [9.17, 15) is 10.2 Å². The van der Waals surface area contributed by atoms with Crippen molar-refractivity contribution in [2.75, 3.05) is 18.5 Å². The van der Waals surface area contributed by atoms with Crippen molar-refractivity contribution in [3.05, 3.63) is 18.1 Å². The standard InChI is InChI=1S/C11H14N4O4/c12-1-6-2-13-3-9(14-6)15-7-5-19-8(4-16)11(18)10(7)17/h2-3,7-8,10-11,16-18H,4-5H2,(H,14,15)/t7-,8+,10+,11-/m0/s1. The summed E-state index contributed by atoms with van der Waals surface area (Å²) in [4.78, 5) is 7.78. The van der Waals surface area contributed by atoms with Gasteiger partial charge in [0.1, 0.15) is 30.2 Å². The lowest BCUT2D eigenvalue weighted by molar-refractivity contribution is -0.152. The van der Waals surface area contributed by atoms with Crippen molar-refractivity contribution < 1.29 is 20.1 Å². The number of nitrogens with zero attached hydrogens (tertiary/aromatic N) is 3. The number of anilines is 1. The maximum atomic E-state index is 9.91. The number of ether oxygens (including phenoxy) is 1. The molecular formula is C11H14N4O4. The van der Waals surface area contributed by atoms with Crippen LogP contribution in [0.5, 0.6) is 0 Å². The highest BCUT2D eigenvalue weighted by atomic mass is 16.5. The Bertz CT molecular complexity index is 478. The number of aromatic nitrogens is 2. The van der Waals surface area contributed by atoms with Gasteiger partial charge in [0, 0.05) is 0 Å². The molecule has 1 aliphatic rings. The Kier molecular flexibility index (Phi) is 4.24. The molecule has 8 nitrogen and oxygen atoms in total. The molecule has 1 aliphatic heterocycles. The van der Waals surface area contributed by atoms with E-state index in [1.807, 2.05) is 6.07 Å². The highest BCUT2D eigenvalue weighted by Crippen LogP contribution is 2.18. The molecule has 0 aliphatic carbocycles. The number of hydrogen-bond acceptors (Lipinski definition) is 8. The molecule has 0 saturated carbocycles. The van der Waals surface area contributed by atoms with Gasteiger partial charge in [-0.25, -0.2) is 4.98 Å². The van der Waals surface area contributed by atoms with Gasteiger partial charge in [-0.1, -0.05) is 0 Å². The Morgan fingerprint density at radius 1 is 1.42 bits per heavy atom. The smallest absolute Gasteiger partial charge is 0.161 e. The fraction of sp³-hybridized carbons (Fsp3) is 0.545. The summed E-state index contributed by atoms with van der Waals surface area (Å²) in [6, 6.07) is 1.25. The summed E-state index contributed by atoms with van der Waals surface area (Å²) < 4.78 is 5.22. The van der Waals surface area contributed by atoms with Crippen LogP contribution in [0.4, 0.5) is 5.82 Å². The van der Waals surface area contributed by atoms with Gasteiger partial charge in [0.05, 0.1) is 31.6 Å². The van der Waals surface area contributed by atoms with E-state index in [0.717, 1.165) is 0 Å². The molecule has 19 heavy (non-hydrogen) atoms. The maximum absolute atomic E-state index is 9.91. The Labute approximate surface area is 109 Å². The molecule has 4 atom stereocenters. The van der Waals surface area contributed by atoms with Gasteiger partial charge >= 0.3 is 0 Å². The molecule has 1 fully saturated rings. The van der Waals surface area contributed by atoms with Gasteiger partial charge in [-0.3, -0.25) is 4.98 Å². The average molecular weight is 266 g/mol. The molecule has 4 N–H and O–H groups in total. The van der Waals surface area contributed by atoms with E-state index in [2.05, 4.69) is 15.3 Å². The SMILES string of the molecule is N#Cc1cncc(N[C@H]2CO[C@H](CO)[C@H](O)[C@@H]2O)n1. The van der Waals surface area contributed by atoms with Crippen LogP contribution in [0, 0.1) is 11.3 Å². The Morgan fingerprint density at radius 2 is 2.21 bits per heavy atom. The zero-order valence-corrected chi connectivity index (χ0v) is 9.97. The van der Waals surface area contributed by atoms with Crippen molar-refractivity contribution in [1.29, 1.82) is 5.26 Å². The third-order valence-corrected chi connectivity index (χ3v) is 2.90. The predicted molar refractivity (Wildman–Crippen MR) is 63.0 cm³/mol. The molecule has 0 aromatic carbocycles. The second kappa shape index (κ2) is 5.90. The molecule has 8 heteroatoms. The van der Waals surface area contributed by atoms with Crippen LogP contribution >= 0.6 is 0 Å². The molecule has 1 aromatic rings. The van der Waals surface area contributed by atoms with Crippen LogP contribution in [0.15, 0.2) is 12.4 Å². The van der Waals surface area contributed by atoms with Crippen LogP contribution < -0.4 is 5.32 Å². The molecule has 0 radical (unpaired) electrons. The second-order valence-corrected chi connectivity index (χ2v) is 4.19. The topological polar surface area (TPSA) is 132 Å². The maximum Gasteiger partial charge on any atom is 0.161 e. The van der Waals surface area contributed by atoms with Crippen LogP contribution in [0.3, 0.4) is 0 Å². The van der Waals surface area contributed by atoms with E-state index in [1.54, 1.807) is 0 Å². The normalized spacial score (nSPS) is 30.6. The van der Waals surface area contributed by atoms with Gasteiger partial charge < -0.3 is 25.4 Å². The van der Waals surface area contributed by atoms with E-state index in [0.29, 0.717) is 5.82 Å². The molecule has 102 valence electrons. The van der Waals surface area contributed by atoms with Crippen LogP contribution in [0.25, 0.3) is 0 Å². The summed E-state index contributed by atoms with van der Waals surface area (Å²) >= 11 is 0. The molecular weight excluding hydrogens is 252 g/mol. The van der Waals surface area contributed by atoms with Crippen LogP contribution in [0.1, 0.15) is 5.69 Å². The summed E-state index contributed by atoms with van der Waals surface area (Å²) in [5.41, 5.74) is 0.144. The summed E-state index contributed by atoms with van der Waals surface area (Å²) in [6.45, 7) is -0.267. The zero-order chi connectivity index (χ0) is 13.8. The predicted octanol–water partition coefficient (Wildman–Crippen LogP) is -1.76. The molecule has 0 bridgehead atoms. The number of aliphatic hydroxyl groups excluding tert-OH is 3. The highest BCUT2D eigenvalue weighted by Gasteiger charge is 2.38. The molecule has 0 amide bonds. The third-order valence-electron chi connectivity index (χ3n) is 2.90. The third kappa shape index (κ3) is 2.97. The van der Waals surface area contributed by atoms with Crippen molar-refractivity contribution >= 4 is 5.82 Å². The lowest BCUT2D eigenvalue weighted by Crippen LogP contribution is -2.56. The minimum Gasteiger partial charge on any atom is -0.394 e. The van der Waals surface area contributed by atoms with Gasteiger partial charge in [0.25, 0.3) is 0 Å². The summed E-state index contributed by atoms with van der Waals surface area (Å²) in [7, 11) is 0. The van der Waals surface area contributed by atoms with Gasteiger partial charge in [0.2, 0.25) is 0 Å². The monoisotopic (exact) mass is 266 g/mol. The quantitative estimate of drug-likeness (QED) is 0.506. The summed E-state index contributed by atoms with van der Waals surface area (Å²) in [5, 5.41) is 40.1. The number of rotatable bonds is 3. The Hall–Kier alpha value is -1.79. The fourth-order valence-corrected chi connectivity index (χ4v) is 1.85. The molecule has 0 unspecified atom stereocenters. The van der Waals surface area contributed by atoms with E-state index >= 15 is 0 Å². The average Bonchev–Trinajstić information content (AvgIpc) is 2.44. The first-order chi connectivity index (χ1) is 9.15. The van der Waals surface area contributed by atoms with Gasteiger partial charge in [-0.15, -0.1) is 0 Å². The number of hydrogen-bond donors (Lipinski definition) is 4. The first-order valence-electron chi connectivity index (χ1n) is 5.73. The van der Waals surface area contributed by atoms with E-state index in [-0.39, 0.29) is 18.9 Å². The van der Waals surface area contributed by atoms with Crippen molar-refractivity contribution in [2.45, 2.75) is 24.4 Å². The van der Waals surface area contributed by atoms with Crippen molar-refractivity contribution in [1.82, 2.24) is 9.97 Å². The highest BCUT2D eigenvalue weighted by molar-refractivity contribution is 5.36.